The van der Waals surface area contributed by atoms with Crippen LogP contribution in [0.2, 0.25) is 0 Å². The molecule has 0 aromatic heterocycles. The molecule has 1 aromatic rings. The summed E-state index contributed by atoms with van der Waals surface area (Å²) in [5.74, 6) is -0.671. The quantitative estimate of drug-likeness (QED) is 0.228. The average molecular weight is 653 g/mol. The molecule has 0 amide bonds. The highest BCUT2D eigenvalue weighted by Crippen LogP contribution is 2.67. The second-order valence-corrected chi connectivity index (χ2v) is 17.8. The molecule has 5 rings (SSSR count). The van der Waals surface area contributed by atoms with Crippen molar-refractivity contribution in [2.45, 2.75) is 140 Å². The Labute approximate surface area is 264 Å². The van der Waals surface area contributed by atoms with E-state index in [4.69, 9.17) is 9.47 Å². The molecule has 0 saturated heterocycles. The summed E-state index contributed by atoms with van der Waals surface area (Å²) in [6.45, 7) is 7.88. The first-order valence-corrected chi connectivity index (χ1v) is 19.8. The van der Waals surface area contributed by atoms with E-state index in [1.807, 2.05) is 11.2 Å². The van der Waals surface area contributed by atoms with Crippen LogP contribution in [0.15, 0.2) is 29.2 Å². The number of aryl methyl sites for hydroxylation is 1. The topological polar surface area (TPSA) is 119 Å². The summed E-state index contributed by atoms with van der Waals surface area (Å²) in [6, 6.07) is 6.41. The molecule has 1 N–H and O–H groups in total. The Balaban J connectivity index is 1.40. The monoisotopic (exact) mass is 652 g/mol. The summed E-state index contributed by atoms with van der Waals surface area (Å²) < 4.78 is 71.6. The van der Waals surface area contributed by atoms with E-state index in [-0.39, 0.29) is 40.7 Å². The number of rotatable bonds is 12. The summed E-state index contributed by atoms with van der Waals surface area (Å²) in [7, 11) is -7.76. The number of ether oxygens (including phenoxy) is 2. The maximum absolute atomic E-state index is 14.7. The molecule has 4 aliphatic rings. The van der Waals surface area contributed by atoms with Crippen molar-refractivity contribution in [1.82, 2.24) is 9.03 Å². The van der Waals surface area contributed by atoms with Gasteiger partial charge in [0.05, 0.1) is 10.6 Å². The molecule has 0 radical (unpaired) electrons. The molecule has 0 spiro atoms. The maximum Gasteiger partial charge on any atom is 0.351 e. The number of nitrogens with one attached hydrogen (secondary N) is 1. The van der Waals surface area contributed by atoms with Crippen LogP contribution in [0, 0.1) is 23.7 Å². The van der Waals surface area contributed by atoms with Crippen molar-refractivity contribution in [1.29, 1.82) is 0 Å². The van der Waals surface area contributed by atoms with E-state index in [0.29, 0.717) is 12.8 Å². The largest absolute Gasteiger partial charge is 0.459 e. The fraction of sp³-hybridized carbons (Fsp3) is 0.788. The predicted molar refractivity (Wildman–Crippen MR) is 170 cm³/mol. The normalized spacial score (nSPS) is 28.8. The highest BCUT2D eigenvalue weighted by Gasteiger charge is 2.67. The molecule has 0 unspecified atom stereocenters. The molecule has 4 fully saturated rings. The Morgan fingerprint density at radius 2 is 1.50 bits per heavy atom. The fourth-order valence-electron chi connectivity index (χ4n) is 8.77. The summed E-state index contributed by atoms with van der Waals surface area (Å²) in [5, 5.41) is 0. The van der Waals surface area contributed by atoms with E-state index >= 15 is 0 Å². The minimum absolute atomic E-state index is 0.0229. The molecule has 4 atom stereocenters. The van der Waals surface area contributed by atoms with Crippen molar-refractivity contribution < 1.29 is 31.1 Å². The Morgan fingerprint density at radius 1 is 0.932 bits per heavy atom. The molecule has 0 aliphatic heterocycles. The number of nitrogens with zero attached hydrogens (tertiary/aromatic N) is 1. The number of fused-ring (bicyclic) bond motifs is 2. The third kappa shape index (κ3) is 6.64. The summed E-state index contributed by atoms with van der Waals surface area (Å²) >= 11 is 0. The SMILES string of the molecule is CCO[C@H](NS(=O)(=O)c1ccc(C)cc1)C(=O)O[C@@H]1C[C@H]2CC[C@]1(CS(=O)(=O)N(C1CCCCC1)C1CCCCC1)C2(C)C. The van der Waals surface area contributed by atoms with Gasteiger partial charge in [-0.05, 0) is 82.3 Å². The molecule has 11 heteroatoms. The number of carbonyl (C=O) groups excluding carboxylic acids is 1. The van der Waals surface area contributed by atoms with Gasteiger partial charge in [0.25, 0.3) is 0 Å². The van der Waals surface area contributed by atoms with Gasteiger partial charge in [-0.1, -0.05) is 70.1 Å². The zero-order chi connectivity index (χ0) is 31.8. The highest BCUT2D eigenvalue weighted by molar-refractivity contribution is 7.89. The molecular formula is C33H52N2O7S2. The van der Waals surface area contributed by atoms with Gasteiger partial charge in [0.15, 0.2) is 0 Å². The third-order valence-electron chi connectivity index (χ3n) is 11.4. The number of benzene rings is 1. The van der Waals surface area contributed by atoms with E-state index in [0.717, 1.165) is 76.2 Å². The van der Waals surface area contributed by atoms with Crippen LogP contribution in [0.3, 0.4) is 0 Å². The van der Waals surface area contributed by atoms with E-state index in [9.17, 15) is 21.6 Å². The van der Waals surface area contributed by atoms with Gasteiger partial charge in [-0.15, -0.1) is 0 Å². The zero-order valence-corrected chi connectivity index (χ0v) is 28.6. The van der Waals surface area contributed by atoms with Crippen LogP contribution in [0.5, 0.6) is 0 Å². The van der Waals surface area contributed by atoms with Crippen molar-refractivity contribution in [2.24, 2.45) is 16.7 Å². The highest BCUT2D eigenvalue weighted by atomic mass is 32.2. The summed E-state index contributed by atoms with van der Waals surface area (Å²) in [5.41, 5.74) is -0.215. The van der Waals surface area contributed by atoms with Crippen LogP contribution >= 0.6 is 0 Å². The van der Waals surface area contributed by atoms with Crippen LogP contribution in [-0.2, 0) is 34.3 Å². The van der Waals surface area contributed by atoms with Gasteiger partial charge in [-0.2, -0.15) is 9.03 Å². The first-order chi connectivity index (χ1) is 20.8. The predicted octanol–water partition coefficient (Wildman–Crippen LogP) is 5.67. The van der Waals surface area contributed by atoms with Crippen LogP contribution in [0.25, 0.3) is 0 Å². The van der Waals surface area contributed by atoms with Gasteiger partial charge < -0.3 is 9.47 Å². The van der Waals surface area contributed by atoms with Gasteiger partial charge in [0.2, 0.25) is 26.3 Å². The molecule has 44 heavy (non-hydrogen) atoms. The van der Waals surface area contributed by atoms with Crippen molar-refractivity contribution >= 4 is 26.0 Å². The standard InChI is InChI=1S/C33H52N2O7S2/c1-5-41-30(34-44(39,40)28-18-16-24(2)17-19-28)31(36)42-29-22-25-20-21-33(29,32(25,3)4)23-43(37,38)35(26-12-8-6-9-13-26)27-14-10-7-11-15-27/h16-19,25-27,29-30,34H,5-15,20-23H2,1-4H3/t25-,29-,30+,33-/m1/s1. The van der Waals surface area contributed by atoms with Gasteiger partial charge in [0.1, 0.15) is 6.10 Å². The van der Waals surface area contributed by atoms with E-state index in [1.54, 1.807) is 19.1 Å². The second kappa shape index (κ2) is 13.3. The van der Waals surface area contributed by atoms with Crippen molar-refractivity contribution in [3.63, 3.8) is 0 Å². The van der Waals surface area contributed by atoms with E-state index in [2.05, 4.69) is 18.6 Å². The smallest absolute Gasteiger partial charge is 0.351 e. The van der Waals surface area contributed by atoms with Gasteiger partial charge in [-0.25, -0.2) is 21.6 Å². The average Bonchev–Trinajstić information content (AvgIpc) is 3.33. The van der Waals surface area contributed by atoms with E-state index in [1.165, 1.54) is 12.1 Å². The van der Waals surface area contributed by atoms with Crippen LogP contribution in [0.4, 0.5) is 0 Å². The fourth-order valence-corrected chi connectivity index (χ4v) is 12.7. The first-order valence-electron chi connectivity index (χ1n) is 16.7. The Kier molecular flexibility index (Phi) is 10.2. The van der Waals surface area contributed by atoms with E-state index < -0.39 is 43.8 Å². The van der Waals surface area contributed by atoms with Gasteiger partial charge in [-0.3, -0.25) is 0 Å². The minimum atomic E-state index is -4.07. The number of sulfonamides is 2. The lowest BCUT2D eigenvalue weighted by atomic mass is 9.69. The Morgan fingerprint density at radius 3 is 2.02 bits per heavy atom. The van der Waals surface area contributed by atoms with Crippen LogP contribution < -0.4 is 4.72 Å². The third-order valence-corrected chi connectivity index (χ3v) is 14.9. The van der Waals surface area contributed by atoms with Crippen LogP contribution in [-0.4, -0.2) is 63.9 Å². The number of hydrogen-bond acceptors (Lipinski definition) is 7. The molecule has 2 bridgehead atoms. The van der Waals surface area contributed by atoms with Gasteiger partial charge >= 0.3 is 5.97 Å². The molecule has 4 aliphatic carbocycles. The Hall–Kier alpha value is -1.53. The molecular weight excluding hydrogens is 601 g/mol. The summed E-state index contributed by atoms with van der Waals surface area (Å²) in [6.07, 6.45) is 10.1. The molecule has 0 heterocycles. The van der Waals surface area contributed by atoms with Gasteiger partial charge in [0, 0.05) is 24.1 Å². The number of esters is 1. The molecule has 4 saturated carbocycles. The lowest BCUT2D eigenvalue weighted by Crippen LogP contribution is -2.55. The first kappa shape index (κ1) is 33.8. The second-order valence-electron chi connectivity index (χ2n) is 14.2. The maximum atomic E-state index is 14.7. The lowest BCUT2D eigenvalue weighted by molar-refractivity contribution is -0.170. The molecule has 1 aromatic carbocycles. The lowest BCUT2D eigenvalue weighted by Gasteiger charge is -2.46. The number of carbonyl (C=O) groups is 1. The van der Waals surface area contributed by atoms with Crippen molar-refractivity contribution in [2.75, 3.05) is 12.4 Å². The minimum Gasteiger partial charge on any atom is -0.459 e. The van der Waals surface area contributed by atoms with Crippen molar-refractivity contribution in [3.05, 3.63) is 29.8 Å². The summed E-state index contributed by atoms with van der Waals surface area (Å²) in [4.78, 5) is 13.7. The molecule has 248 valence electrons. The zero-order valence-electron chi connectivity index (χ0n) is 26.9. The number of hydrogen-bond donors (Lipinski definition) is 1. The van der Waals surface area contributed by atoms with Crippen molar-refractivity contribution in [3.8, 4) is 0 Å². The Bertz CT molecular complexity index is 1350. The van der Waals surface area contributed by atoms with Crippen LogP contribution in [0.1, 0.15) is 110 Å². The molecule has 9 nitrogen and oxygen atoms in total.